The van der Waals surface area contributed by atoms with Crippen molar-refractivity contribution in [3.05, 3.63) is 36.0 Å². The van der Waals surface area contributed by atoms with Gasteiger partial charge in [0.05, 0.1) is 5.60 Å². The molecular weight excluding hydrogens is 196 g/mol. The van der Waals surface area contributed by atoms with Gasteiger partial charge in [-0.05, 0) is 52.4 Å². The molecule has 0 saturated carbocycles. The topological polar surface area (TPSA) is 20.2 Å². The lowest BCUT2D eigenvalue weighted by Crippen LogP contribution is -2.13. The van der Waals surface area contributed by atoms with Crippen LogP contribution < -0.4 is 0 Å². The fourth-order valence-electron chi connectivity index (χ4n) is 2.00. The maximum Gasteiger partial charge on any atom is 0.0771 e. The molecule has 0 radical (unpaired) electrons. The van der Waals surface area contributed by atoms with Crippen LogP contribution in [0.4, 0.5) is 0 Å². The Bertz CT molecular complexity index is 302. The highest BCUT2D eigenvalue weighted by Gasteiger charge is 2.14. The van der Waals surface area contributed by atoms with Crippen molar-refractivity contribution in [2.75, 3.05) is 0 Å². The molecule has 1 heteroatoms. The largest absolute Gasteiger partial charge is 0.386 e. The van der Waals surface area contributed by atoms with Gasteiger partial charge in [-0.25, -0.2) is 0 Å². The Morgan fingerprint density at radius 1 is 1.62 bits per heavy atom. The first-order valence-electron chi connectivity index (χ1n) is 6.12. The Labute approximate surface area is 99.6 Å². The first kappa shape index (κ1) is 13.2. The van der Waals surface area contributed by atoms with Crippen LogP contribution in [0.2, 0.25) is 0 Å². The minimum Gasteiger partial charge on any atom is -0.386 e. The number of hydrogen-bond donors (Lipinski definition) is 1. The molecule has 0 amide bonds. The molecule has 0 fully saturated rings. The molecule has 16 heavy (non-hydrogen) atoms. The van der Waals surface area contributed by atoms with Crippen molar-refractivity contribution in [3.63, 3.8) is 0 Å². The van der Waals surface area contributed by atoms with Crippen LogP contribution in [0.5, 0.6) is 0 Å². The number of allylic oxidation sites excluding steroid dienone is 4. The molecule has 0 saturated heterocycles. The monoisotopic (exact) mass is 220 g/mol. The summed E-state index contributed by atoms with van der Waals surface area (Å²) in [6, 6.07) is 0. The fraction of sp³-hybridized carbons (Fsp3) is 0.600. The molecule has 0 spiro atoms. The molecule has 1 aliphatic carbocycles. The molecule has 1 rings (SSSR count). The summed E-state index contributed by atoms with van der Waals surface area (Å²) in [6.45, 7) is 9.94. The molecule has 1 aliphatic rings. The molecule has 90 valence electrons. The predicted octanol–water partition coefficient (Wildman–Crippen LogP) is 4.01. The molecule has 0 aliphatic heterocycles. The third-order valence-electron chi connectivity index (χ3n) is 3.12. The molecule has 1 unspecified atom stereocenters. The molecule has 0 aromatic heterocycles. The van der Waals surface area contributed by atoms with Crippen LogP contribution in [0.15, 0.2) is 36.0 Å². The average molecular weight is 220 g/mol. The van der Waals surface area contributed by atoms with Crippen molar-refractivity contribution >= 4 is 0 Å². The highest BCUT2D eigenvalue weighted by Crippen LogP contribution is 2.29. The van der Waals surface area contributed by atoms with E-state index in [1.54, 1.807) is 13.8 Å². The lowest BCUT2D eigenvalue weighted by atomic mass is 9.84. The van der Waals surface area contributed by atoms with Crippen LogP contribution in [0.25, 0.3) is 0 Å². The van der Waals surface area contributed by atoms with E-state index >= 15 is 0 Å². The molecule has 0 heterocycles. The third kappa shape index (κ3) is 4.80. The smallest absolute Gasteiger partial charge is 0.0771 e. The van der Waals surface area contributed by atoms with Gasteiger partial charge in [-0.2, -0.15) is 0 Å². The molecule has 1 N–H and O–H groups in total. The van der Waals surface area contributed by atoms with Crippen LogP contribution in [-0.2, 0) is 0 Å². The van der Waals surface area contributed by atoms with Gasteiger partial charge in [0.2, 0.25) is 0 Å². The summed E-state index contributed by atoms with van der Waals surface area (Å²) in [5.41, 5.74) is 2.10. The number of hydrogen-bond acceptors (Lipinski definition) is 1. The van der Waals surface area contributed by atoms with Crippen molar-refractivity contribution < 1.29 is 5.11 Å². The van der Waals surface area contributed by atoms with Crippen LogP contribution >= 0.6 is 0 Å². The minimum atomic E-state index is -0.705. The molecule has 0 aromatic rings. The molecule has 0 bridgehead atoms. The summed E-state index contributed by atoms with van der Waals surface area (Å²) < 4.78 is 0. The van der Waals surface area contributed by atoms with E-state index < -0.39 is 5.60 Å². The SMILES string of the molecule is C=C(C/C=C/C(C)(C)O)C1CC=C(C)CC1. The Hall–Kier alpha value is -0.820. The summed E-state index contributed by atoms with van der Waals surface area (Å²) >= 11 is 0. The molecular formula is C15H24O. The van der Waals surface area contributed by atoms with E-state index in [-0.39, 0.29) is 0 Å². The van der Waals surface area contributed by atoms with E-state index in [4.69, 9.17) is 0 Å². The Morgan fingerprint density at radius 3 is 2.81 bits per heavy atom. The Kier molecular flexibility index (Phi) is 4.55. The average Bonchev–Trinajstić information content (AvgIpc) is 2.16. The van der Waals surface area contributed by atoms with Crippen molar-refractivity contribution in [2.24, 2.45) is 5.92 Å². The van der Waals surface area contributed by atoms with Crippen LogP contribution in [0.3, 0.4) is 0 Å². The highest BCUT2D eigenvalue weighted by atomic mass is 16.3. The van der Waals surface area contributed by atoms with E-state index in [1.807, 2.05) is 12.2 Å². The lowest BCUT2D eigenvalue weighted by Gasteiger charge is -2.22. The molecule has 1 atom stereocenters. The van der Waals surface area contributed by atoms with Crippen LogP contribution in [-0.4, -0.2) is 10.7 Å². The number of rotatable bonds is 4. The predicted molar refractivity (Wildman–Crippen MR) is 70.3 cm³/mol. The van der Waals surface area contributed by atoms with Crippen molar-refractivity contribution in [3.8, 4) is 0 Å². The summed E-state index contributed by atoms with van der Waals surface area (Å²) in [5, 5.41) is 9.55. The minimum absolute atomic E-state index is 0.634. The fourth-order valence-corrected chi connectivity index (χ4v) is 2.00. The van der Waals surface area contributed by atoms with Crippen molar-refractivity contribution in [1.29, 1.82) is 0 Å². The number of aliphatic hydroxyl groups is 1. The Morgan fingerprint density at radius 2 is 2.31 bits per heavy atom. The van der Waals surface area contributed by atoms with E-state index in [2.05, 4.69) is 19.6 Å². The van der Waals surface area contributed by atoms with Crippen molar-refractivity contribution in [2.45, 2.75) is 52.1 Å². The van der Waals surface area contributed by atoms with Gasteiger partial charge >= 0.3 is 0 Å². The van der Waals surface area contributed by atoms with Gasteiger partial charge in [-0.1, -0.05) is 36.0 Å². The van der Waals surface area contributed by atoms with Crippen molar-refractivity contribution in [1.82, 2.24) is 0 Å². The summed E-state index contributed by atoms with van der Waals surface area (Å²) in [6.07, 6.45) is 10.7. The first-order valence-corrected chi connectivity index (χ1v) is 6.12. The maximum absolute atomic E-state index is 9.55. The van der Waals surface area contributed by atoms with Crippen LogP contribution in [0, 0.1) is 5.92 Å². The van der Waals surface area contributed by atoms with Gasteiger partial charge in [-0.3, -0.25) is 0 Å². The summed E-state index contributed by atoms with van der Waals surface area (Å²) in [5.74, 6) is 0.634. The standard InChI is InChI=1S/C15H24O/c1-12-7-9-14(10-8-12)13(2)6-5-11-15(3,4)16/h5,7,11,14,16H,2,6,8-10H2,1,3-4H3/b11-5+. The molecule has 1 nitrogen and oxygen atoms in total. The van der Waals surface area contributed by atoms with E-state index in [9.17, 15) is 5.11 Å². The van der Waals surface area contributed by atoms with Gasteiger partial charge in [0.25, 0.3) is 0 Å². The third-order valence-corrected chi connectivity index (χ3v) is 3.12. The second-order valence-corrected chi connectivity index (χ2v) is 5.44. The van der Waals surface area contributed by atoms with E-state index in [0.717, 1.165) is 12.8 Å². The summed E-state index contributed by atoms with van der Waals surface area (Å²) in [7, 11) is 0. The summed E-state index contributed by atoms with van der Waals surface area (Å²) in [4.78, 5) is 0. The zero-order chi connectivity index (χ0) is 12.2. The van der Waals surface area contributed by atoms with Gasteiger partial charge < -0.3 is 5.11 Å². The second-order valence-electron chi connectivity index (χ2n) is 5.44. The van der Waals surface area contributed by atoms with E-state index in [0.29, 0.717) is 5.92 Å². The maximum atomic E-state index is 9.55. The zero-order valence-electron chi connectivity index (χ0n) is 10.8. The lowest BCUT2D eigenvalue weighted by molar-refractivity contribution is 0.133. The van der Waals surface area contributed by atoms with E-state index in [1.165, 1.54) is 24.0 Å². The van der Waals surface area contributed by atoms with Crippen LogP contribution in [0.1, 0.15) is 46.5 Å². The zero-order valence-corrected chi connectivity index (χ0v) is 10.8. The van der Waals surface area contributed by atoms with Gasteiger partial charge in [-0.15, -0.1) is 0 Å². The second kappa shape index (κ2) is 5.49. The van der Waals surface area contributed by atoms with Gasteiger partial charge in [0.15, 0.2) is 0 Å². The first-order chi connectivity index (χ1) is 7.38. The molecule has 0 aromatic carbocycles. The Balaban J connectivity index is 2.39. The quantitative estimate of drug-likeness (QED) is 0.710. The highest BCUT2D eigenvalue weighted by molar-refractivity contribution is 5.14. The van der Waals surface area contributed by atoms with Gasteiger partial charge in [0, 0.05) is 0 Å². The normalized spacial score (nSPS) is 22.2. The van der Waals surface area contributed by atoms with Gasteiger partial charge in [0.1, 0.15) is 0 Å².